The van der Waals surface area contributed by atoms with E-state index in [1.807, 2.05) is 6.20 Å². The Bertz CT molecular complexity index is 3470. The number of para-hydroxylation sites is 2. The molecule has 0 fully saturated rings. The zero-order valence-electron chi connectivity index (χ0n) is 30.0. The highest BCUT2D eigenvalue weighted by Gasteiger charge is 2.23. The van der Waals surface area contributed by atoms with Gasteiger partial charge in [-0.1, -0.05) is 133 Å². The molecular formula is C50H30N6. The molecular weight excluding hydrogens is 685 g/mol. The van der Waals surface area contributed by atoms with Gasteiger partial charge in [0.2, 0.25) is 0 Å². The van der Waals surface area contributed by atoms with Crippen LogP contribution in [0, 0.1) is 0 Å². The Kier molecular flexibility index (Phi) is 6.53. The lowest BCUT2D eigenvalue weighted by atomic mass is 9.95. The van der Waals surface area contributed by atoms with Crippen LogP contribution in [0.15, 0.2) is 182 Å². The van der Waals surface area contributed by atoms with E-state index in [0.29, 0.717) is 5.95 Å². The largest absolute Gasteiger partial charge is 0.309 e. The Morgan fingerprint density at radius 1 is 0.411 bits per heavy atom. The normalized spacial score (nSPS) is 11.9. The fourth-order valence-corrected chi connectivity index (χ4v) is 8.84. The van der Waals surface area contributed by atoms with Crippen molar-refractivity contribution in [2.75, 3.05) is 0 Å². The summed E-state index contributed by atoms with van der Waals surface area (Å²) in [4.78, 5) is 10.6. The molecule has 0 aliphatic rings. The average molecular weight is 715 g/mol. The number of hydrogen-bond acceptors (Lipinski definition) is 4. The van der Waals surface area contributed by atoms with Crippen LogP contribution in [0.5, 0.6) is 0 Å². The number of imidazole rings is 1. The summed E-state index contributed by atoms with van der Waals surface area (Å²) in [7, 11) is 0. The standard InChI is InChI=1S/C50H30N6/c1-2-16-34(17-3-1)55-44-25-13-12-22-39(44)42-29-33(26-27-45(42)55)49-52-47-40-23-10-8-20-37(40)38-21-9-11-24-41(38)48(47)56(49)50-51-30-43(53-54-50)46-35-18-6-4-14-31(35)28-32-15-5-7-19-36(32)46/h1-30H. The quantitative estimate of drug-likeness (QED) is 0.134. The zero-order chi connectivity index (χ0) is 36.7. The van der Waals surface area contributed by atoms with Gasteiger partial charge in [0.05, 0.1) is 28.3 Å². The van der Waals surface area contributed by atoms with Gasteiger partial charge in [-0.25, -0.2) is 9.97 Å². The number of rotatable bonds is 4. The highest BCUT2D eigenvalue weighted by Crippen LogP contribution is 2.41. The Hall–Kier alpha value is -7.70. The van der Waals surface area contributed by atoms with E-state index in [2.05, 4.69) is 185 Å². The number of fused-ring (bicyclic) bond motifs is 11. The fourth-order valence-electron chi connectivity index (χ4n) is 8.84. The van der Waals surface area contributed by atoms with Gasteiger partial charge < -0.3 is 4.57 Å². The first-order valence-electron chi connectivity index (χ1n) is 18.8. The van der Waals surface area contributed by atoms with Crippen LogP contribution in [0.2, 0.25) is 0 Å². The molecule has 0 amide bonds. The van der Waals surface area contributed by atoms with E-state index in [1.165, 1.54) is 5.39 Å². The molecule has 0 atom stereocenters. The molecule has 9 aromatic carbocycles. The van der Waals surface area contributed by atoms with Crippen LogP contribution in [-0.2, 0) is 0 Å². The first kappa shape index (κ1) is 30.7. The third-order valence-electron chi connectivity index (χ3n) is 11.3. The first-order valence-corrected chi connectivity index (χ1v) is 18.8. The lowest BCUT2D eigenvalue weighted by Crippen LogP contribution is -2.06. The second kappa shape index (κ2) is 11.9. The highest BCUT2D eigenvalue weighted by atomic mass is 15.3. The molecule has 0 aliphatic heterocycles. The van der Waals surface area contributed by atoms with Crippen molar-refractivity contribution in [2.45, 2.75) is 0 Å². The summed E-state index contributed by atoms with van der Waals surface area (Å²) in [6, 6.07) is 62.0. The van der Waals surface area contributed by atoms with Gasteiger partial charge in [0.15, 0.2) is 0 Å². The van der Waals surface area contributed by atoms with Gasteiger partial charge in [-0.05, 0) is 74.8 Å². The van der Waals surface area contributed by atoms with Crippen molar-refractivity contribution in [3.05, 3.63) is 182 Å². The van der Waals surface area contributed by atoms with Gasteiger partial charge in [0.1, 0.15) is 11.5 Å². The minimum Gasteiger partial charge on any atom is -0.309 e. The number of aromatic nitrogens is 6. The molecule has 0 N–H and O–H groups in total. The Morgan fingerprint density at radius 3 is 1.71 bits per heavy atom. The molecule has 0 unspecified atom stereocenters. The van der Waals surface area contributed by atoms with Crippen molar-refractivity contribution in [1.29, 1.82) is 0 Å². The first-order chi connectivity index (χ1) is 27.8. The molecule has 12 aromatic rings. The highest BCUT2D eigenvalue weighted by molar-refractivity contribution is 6.24. The van der Waals surface area contributed by atoms with E-state index in [1.54, 1.807) is 0 Å². The van der Waals surface area contributed by atoms with Crippen molar-refractivity contribution in [3.8, 4) is 34.3 Å². The predicted octanol–water partition coefficient (Wildman–Crippen LogP) is 12.3. The predicted molar refractivity (Wildman–Crippen MR) is 230 cm³/mol. The van der Waals surface area contributed by atoms with E-state index in [0.717, 1.165) is 98.9 Å². The molecule has 0 aliphatic carbocycles. The maximum atomic E-state index is 5.50. The number of hydrogen-bond donors (Lipinski definition) is 0. The van der Waals surface area contributed by atoms with Crippen molar-refractivity contribution >= 4 is 75.9 Å². The van der Waals surface area contributed by atoms with Gasteiger partial charge in [-0.2, -0.15) is 0 Å². The molecule has 6 nitrogen and oxygen atoms in total. The van der Waals surface area contributed by atoms with Crippen LogP contribution < -0.4 is 0 Å². The van der Waals surface area contributed by atoms with Gasteiger partial charge in [0.25, 0.3) is 5.95 Å². The fraction of sp³-hybridized carbons (Fsp3) is 0. The molecule has 0 bridgehead atoms. The Labute approximate surface area is 320 Å². The van der Waals surface area contributed by atoms with Crippen LogP contribution in [-0.4, -0.2) is 29.3 Å². The molecule has 6 heteroatoms. The molecule has 0 spiro atoms. The molecule has 260 valence electrons. The van der Waals surface area contributed by atoms with Crippen LogP contribution in [0.4, 0.5) is 0 Å². The van der Waals surface area contributed by atoms with Crippen LogP contribution in [0.3, 0.4) is 0 Å². The van der Waals surface area contributed by atoms with E-state index < -0.39 is 0 Å². The van der Waals surface area contributed by atoms with Crippen molar-refractivity contribution < 1.29 is 0 Å². The molecule has 0 saturated carbocycles. The number of benzene rings is 9. The van der Waals surface area contributed by atoms with Crippen molar-refractivity contribution in [2.24, 2.45) is 0 Å². The Balaban J connectivity index is 1.14. The third-order valence-corrected chi connectivity index (χ3v) is 11.3. The average Bonchev–Trinajstić information content (AvgIpc) is 3.83. The zero-order valence-corrected chi connectivity index (χ0v) is 30.0. The summed E-state index contributed by atoms with van der Waals surface area (Å²) in [6.45, 7) is 0. The molecule has 3 aromatic heterocycles. The number of nitrogens with zero attached hydrogens (tertiary/aromatic N) is 6. The van der Waals surface area contributed by atoms with Crippen LogP contribution >= 0.6 is 0 Å². The monoisotopic (exact) mass is 714 g/mol. The summed E-state index contributed by atoms with van der Waals surface area (Å²) < 4.78 is 4.45. The smallest absolute Gasteiger partial charge is 0.255 e. The van der Waals surface area contributed by atoms with Crippen LogP contribution in [0.1, 0.15) is 0 Å². The summed E-state index contributed by atoms with van der Waals surface area (Å²) in [5, 5.41) is 21.2. The van der Waals surface area contributed by atoms with Gasteiger partial charge in [-0.15, -0.1) is 10.2 Å². The van der Waals surface area contributed by atoms with Gasteiger partial charge >= 0.3 is 0 Å². The van der Waals surface area contributed by atoms with E-state index in [-0.39, 0.29) is 0 Å². The van der Waals surface area contributed by atoms with E-state index >= 15 is 0 Å². The van der Waals surface area contributed by atoms with Crippen LogP contribution in [0.25, 0.3) is 110 Å². The second-order valence-electron chi connectivity index (χ2n) is 14.3. The van der Waals surface area contributed by atoms with Gasteiger partial charge in [0, 0.05) is 38.4 Å². The second-order valence-corrected chi connectivity index (χ2v) is 14.3. The molecule has 0 saturated heterocycles. The topological polar surface area (TPSA) is 61.4 Å². The molecule has 56 heavy (non-hydrogen) atoms. The molecule has 12 rings (SSSR count). The third kappa shape index (κ3) is 4.44. The summed E-state index contributed by atoms with van der Waals surface area (Å²) in [6.07, 6.45) is 1.87. The lowest BCUT2D eigenvalue weighted by Gasteiger charge is -2.13. The Morgan fingerprint density at radius 2 is 1.00 bits per heavy atom. The van der Waals surface area contributed by atoms with Crippen molar-refractivity contribution in [1.82, 2.24) is 29.3 Å². The van der Waals surface area contributed by atoms with Crippen molar-refractivity contribution in [3.63, 3.8) is 0 Å². The summed E-state index contributed by atoms with van der Waals surface area (Å²) in [5.41, 5.74) is 7.96. The van der Waals surface area contributed by atoms with E-state index in [4.69, 9.17) is 20.2 Å². The van der Waals surface area contributed by atoms with E-state index in [9.17, 15) is 0 Å². The summed E-state index contributed by atoms with van der Waals surface area (Å²) in [5.74, 6) is 1.22. The maximum Gasteiger partial charge on any atom is 0.255 e. The van der Waals surface area contributed by atoms with Gasteiger partial charge in [-0.3, -0.25) is 4.57 Å². The minimum atomic E-state index is 0.461. The lowest BCUT2D eigenvalue weighted by molar-refractivity contribution is 0.878. The molecule has 0 radical (unpaired) electrons. The summed E-state index contributed by atoms with van der Waals surface area (Å²) >= 11 is 0. The maximum absolute atomic E-state index is 5.50. The molecule has 3 heterocycles. The minimum absolute atomic E-state index is 0.461. The SMILES string of the molecule is c1ccc(-n2c3ccccc3c3cc(-c4nc5c6ccccc6c6ccccc6c5n4-c4ncc(-c5c6ccccc6cc6ccccc56)nn4)ccc32)cc1.